The van der Waals surface area contributed by atoms with Crippen molar-refractivity contribution in [3.63, 3.8) is 0 Å². The lowest BCUT2D eigenvalue weighted by molar-refractivity contribution is 1.31. The van der Waals surface area contributed by atoms with Crippen LogP contribution in [-0.2, 0) is 0 Å². The molecule has 0 fully saturated rings. The minimum absolute atomic E-state index is 1.14. The SMILES string of the molecule is c1ccc(-c2ccc3c(c2)sc2c(-c4ccccc4)ccc(N(c4ccc5c(ccc6ccccc65)c4)c4ccc5sc6ccccc6c5c4)c23)cc1. The number of thiophene rings is 2. The predicted molar refractivity (Wildman–Crippen MR) is 233 cm³/mol. The van der Waals surface area contributed by atoms with Crippen LogP contribution in [-0.4, -0.2) is 0 Å². The van der Waals surface area contributed by atoms with Crippen molar-refractivity contribution in [3.05, 3.63) is 188 Å². The zero-order chi connectivity index (χ0) is 34.9. The molecule has 248 valence electrons. The number of rotatable bonds is 5. The highest BCUT2D eigenvalue weighted by molar-refractivity contribution is 7.26. The molecule has 11 rings (SSSR count). The molecule has 0 aliphatic rings. The number of anilines is 3. The molecule has 11 aromatic rings. The minimum atomic E-state index is 1.14. The fourth-order valence-corrected chi connectivity index (χ4v) is 10.5. The molecule has 0 N–H and O–H groups in total. The Morgan fingerprint density at radius 2 is 1.00 bits per heavy atom. The lowest BCUT2D eigenvalue weighted by Crippen LogP contribution is -2.10. The normalized spacial score (nSPS) is 11.8. The standard InChI is InChI=1S/C50H31NS2/c1-3-11-32(12-4-1)35-21-24-43-48(30-35)53-50-41(33-13-5-2-6-14-33)26-27-45(49(43)50)51(38-23-28-47-44(31-38)42-17-9-10-18-46(42)52-47)37-22-25-40-36(29-37)20-19-34-15-7-8-16-39(34)40/h1-31H. The van der Waals surface area contributed by atoms with E-state index in [0.717, 1.165) is 11.4 Å². The average Bonchev–Trinajstić information content (AvgIpc) is 3.80. The van der Waals surface area contributed by atoms with Crippen molar-refractivity contribution >= 4 is 102 Å². The molecule has 0 amide bonds. The highest BCUT2D eigenvalue weighted by atomic mass is 32.1. The molecule has 0 aliphatic carbocycles. The van der Waals surface area contributed by atoms with E-state index in [1.165, 1.54) is 89.8 Å². The molecule has 0 aliphatic heterocycles. The van der Waals surface area contributed by atoms with E-state index in [-0.39, 0.29) is 0 Å². The summed E-state index contributed by atoms with van der Waals surface area (Å²) >= 11 is 3.76. The molecule has 9 aromatic carbocycles. The summed E-state index contributed by atoms with van der Waals surface area (Å²) in [5.41, 5.74) is 8.43. The van der Waals surface area contributed by atoms with Crippen LogP contribution in [0.3, 0.4) is 0 Å². The van der Waals surface area contributed by atoms with Crippen LogP contribution >= 0.6 is 22.7 Å². The van der Waals surface area contributed by atoms with Gasteiger partial charge in [-0.2, -0.15) is 0 Å². The van der Waals surface area contributed by atoms with Gasteiger partial charge in [0.1, 0.15) is 0 Å². The summed E-state index contributed by atoms with van der Waals surface area (Å²) in [6.45, 7) is 0. The van der Waals surface area contributed by atoms with Crippen molar-refractivity contribution in [2.24, 2.45) is 0 Å². The minimum Gasteiger partial charge on any atom is -0.310 e. The van der Waals surface area contributed by atoms with Crippen LogP contribution in [0.15, 0.2) is 188 Å². The van der Waals surface area contributed by atoms with Gasteiger partial charge in [-0.25, -0.2) is 0 Å². The van der Waals surface area contributed by atoms with Gasteiger partial charge in [0.15, 0.2) is 0 Å². The van der Waals surface area contributed by atoms with E-state index in [1.54, 1.807) is 0 Å². The molecule has 0 spiro atoms. The fraction of sp³-hybridized carbons (Fsp3) is 0. The summed E-state index contributed by atoms with van der Waals surface area (Å²) in [6, 6.07) is 69.3. The zero-order valence-corrected chi connectivity index (χ0v) is 30.3. The average molecular weight is 710 g/mol. The number of nitrogens with zero attached hydrogens (tertiary/aromatic N) is 1. The topological polar surface area (TPSA) is 3.24 Å². The van der Waals surface area contributed by atoms with Crippen molar-refractivity contribution in [3.8, 4) is 22.3 Å². The van der Waals surface area contributed by atoms with E-state index in [1.807, 2.05) is 22.7 Å². The monoisotopic (exact) mass is 709 g/mol. The van der Waals surface area contributed by atoms with Crippen LogP contribution in [0, 0.1) is 0 Å². The Morgan fingerprint density at radius 3 is 1.87 bits per heavy atom. The Balaban J connectivity index is 1.21. The van der Waals surface area contributed by atoms with Crippen molar-refractivity contribution in [1.82, 2.24) is 0 Å². The van der Waals surface area contributed by atoms with E-state index < -0.39 is 0 Å². The number of benzene rings is 9. The first-order valence-corrected chi connectivity index (χ1v) is 19.6. The summed E-state index contributed by atoms with van der Waals surface area (Å²) < 4.78 is 5.21. The lowest BCUT2D eigenvalue weighted by Gasteiger charge is -2.27. The Kier molecular flexibility index (Phi) is 6.97. The van der Waals surface area contributed by atoms with Crippen molar-refractivity contribution in [1.29, 1.82) is 0 Å². The second-order valence-corrected chi connectivity index (χ2v) is 15.8. The van der Waals surface area contributed by atoms with Crippen LogP contribution in [0.25, 0.3) is 84.1 Å². The molecular formula is C50H31NS2. The smallest absolute Gasteiger partial charge is 0.0555 e. The highest BCUT2D eigenvalue weighted by Gasteiger charge is 2.22. The molecule has 0 saturated heterocycles. The Labute approximate surface area is 315 Å². The zero-order valence-electron chi connectivity index (χ0n) is 28.7. The van der Waals surface area contributed by atoms with Crippen LogP contribution in [0.1, 0.15) is 0 Å². The first-order valence-electron chi connectivity index (χ1n) is 18.0. The number of hydrogen-bond donors (Lipinski definition) is 0. The molecule has 2 aromatic heterocycles. The van der Waals surface area contributed by atoms with Gasteiger partial charge >= 0.3 is 0 Å². The maximum Gasteiger partial charge on any atom is 0.0555 e. The third-order valence-electron chi connectivity index (χ3n) is 10.6. The molecule has 3 heteroatoms. The second kappa shape index (κ2) is 12.2. The van der Waals surface area contributed by atoms with Gasteiger partial charge in [0.05, 0.1) is 5.69 Å². The van der Waals surface area contributed by atoms with Gasteiger partial charge in [-0.3, -0.25) is 0 Å². The molecule has 0 unspecified atom stereocenters. The van der Waals surface area contributed by atoms with Crippen LogP contribution in [0.4, 0.5) is 17.1 Å². The first kappa shape index (κ1) is 30.4. The van der Waals surface area contributed by atoms with Gasteiger partial charge in [-0.15, -0.1) is 22.7 Å². The third kappa shape index (κ3) is 4.97. The lowest BCUT2D eigenvalue weighted by atomic mass is 9.98. The van der Waals surface area contributed by atoms with Gasteiger partial charge in [0.2, 0.25) is 0 Å². The Morgan fingerprint density at radius 1 is 0.340 bits per heavy atom. The van der Waals surface area contributed by atoms with Crippen molar-refractivity contribution in [2.45, 2.75) is 0 Å². The largest absolute Gasteiger partial charge is 0.310 e. The first-order chi connectivity index (χ1) is 26.3. The van der Waals surface area contributed by atoms with Crippen LogP contribution in [0.5, 0.6) is 0 Å². The van der Waals surface area contributed by atoms with E-state index in [9.17, 15) is 0 Å². The molecule has 2 heterocycles. The quantitative estimate of drug-likeness (QED) is 0.161. The van der Waals surface area contributed by atoms with Crippen molar-refractivity contribution < 1.29 is 0 Å². The molecule has 53 heavy (non-hydrogen) atoms. The summed E-state index contributed by atoms with van der Waals surface area (Å²) in [5.74, 6) is 0. The maximum absolute atomic E-state index is 2.49. The van der Waals surface area contributed by atoms with Gasteiger partial charge in [0.25, 0.3) is 0 Å². The van der Waals surface area contributed by atoms with E-state index in [4.69, 9.17) is 0 Å². The van der Waals surface area contributed by atoms with E-state index >= 15 is 0 Å². The van der Waals surface area contributed by atoms with E-state index in [2.05, 4.69) is 193 Å². The molecule has 1 nitrogen and oxygen atoms in total. The maximum atomic E-state index is 2.49. The van der Waals surface area contributed by atoms with Gasteiger partial charge < -0.3 is 4.90 Å². The summed E-state index contributed by atoms with van der Waals surface area (Å²) in [4.78, 5) is 2.49. The second-order valence-electron chi connectivity index (χ2n) is 13.7. The summed E-state index contributed by atoms with van der Waals surface area (Å²) in [5, 5.41) is 10.2. The van der Waals surface area contributed by atoms with Gasteiger partial charge in [-0.05, 0) is 92.3 Å². The third-order valence-corrected chi connectivity index (χ3v) is 13.0. The molecular weight excluding hydrogens is 679 g/mol. The Bertz CT molecular complexity index is 3170. The highest BCUT2D eigenvalue weighted by Crippen LogP contribution is 2.50. The van der Waals surface area contributed by atoms with Crippen molar-refractivity contribution in [2.75, 3.05) is 4.90 Å². The molecule has 0 bridgehead atoms. The fourth-order valence-electron chi connectivity index (χ4n) is 8.12. The van der Waals surface area contributed by atoms with Crippen LogP contribution < -0.4 is 4.90 Å². The molecule has 0 radical (unpaired) electrons. The Hall–Kier alpha value is -6.26. The van der Waals surface area contributed by atoms with Gasteiger partial charge in [0, 0.05) is 51.7 Å². The van der Waals surface area contributed by atoms with Gasteiger partial charge in [-0.1, -0.05) is 140 Å². The summed E-state index contributed by atoms with van der Waals surface area (Å²) in [6.07, 6.45) is 0. The number of fused-ring (bicyclic) bond motifs is 9. The summed E-state index contributed by atoms with van der Waals surface area (Å²) in [7, 11) is 0. The number of hydrogen-bond acceptors (Lipinski definition) is 3. The predicted octanol–water partition coefficient (Wildman–Crippen LogP) is 15.5. The molecule has 0 atom stereocenters. The van der Waals surface area contributed by atoms with Crippen LogP contribution in [0.2, 0.25) is 0 Å². The van der Waals surface area contributed by atoms with E-state index in [0.29, 0.717) is 0 Å². The molecule has 0 saturated carbocycles.